The Morgan fingerprint density at radius 1 is 1.02 bits per heavy atom. The van der Waals surface area contributed by atoms with Crippen LogP contribution in [-0.2, 0) is 14.3 Å². The average molecular weight is 586 g/mol. The van der Waals surface area contributed by atoms with Crippen molar-refractivity contribution >= 4 is 29.4 Å². The third kappa shape index (κ3) is 5.09. The molecule has 0 radical (unpaired) electrons. The topological polar surface area (TPSA) is 101 Å². The van der Waals surface area contributed by atoms with Crippen molar-refractivity contribution in [3.05, 3.63) is 114 Å². The van der Waals surface area contributed by atoms with Crippen molar-refractivity contribution in [3.63, 3.8) is 0 Å². The summed E-state index contributed by atoms with van der Waals surface area (Å²) in [5.74, 6) is -0.297. The molecule has 0 saturated heterocycles. The van der Waals surface area contributed by atoms with Crippen molar-refractivity contribution in [3.8, 4) is 11.4 Å². The summed E-state index contributed by atoms with van der Waals surface area (Å²) in [6, 6.07) is 15.8. The Kier molecular flexibility index (Phi) is 8.00. The van der Waals surface area contributed by atoms with E-state index in [-0.39, 0.29) is 12.2 Å². The van der Waals surface area contributed by atoms with Crippen LogP contribution in [0.4, 0.5) is 0 Å². The van der Waals surface area contributed by atoms with Gasteiger partial charge in [0.1, 0.15) is 5.75 Å². The average Bonchev–Trinajstić information content (AvgIpc) is 3.45. The first-order valence-electron chi connectivity index (χ1n) is 13.4. The van der Waals surface area contributed by atoms with Crippen LogP contribution in [0, 0.1) is 13.8 Å². The summed E-state index contributed by atoms with van der Waals surface area (Å²) in [5.41, 5.74) is 5.39. The van der Waals surface area contributed by atoms with Gasteiger partial charge in [-0.1, -0.05) is 23.5 Å². The second kappa shape index (κ2) is 11.7. The summed E-state index contributed by atoms with van der Waals surface area (Å²) < 4.78 is 19.7. The number of aryl methyl sites for hydroxylation is 1. The second-order valence-electron chi connectivity index (χ2n) is 9.78. The van der Waals surface area contributed by atoms with E-state index in [1.807, 2.05) is 62.4 Å². The maximum Gasteiger partial charge on any atom is 0.338 e. The molecule has 1 atom stereocenters. The second-order valence-corrected chi connectivity index (χ2v) is 10.8. The number of carbonyl (C=O) groups is 2. The van der Waals surface area contributed by atoms with Crippen molar-refractivity contribution in [1.82, 2.24) is 9.13 Å². The van der Waals surface area contributed by atoms with Gasteiger partial charge in [0.15, 0.2) is 4.80 Å². The van der Waals surface area contributed by atoms with E-state index < -0.39 is 18.0 Å². The SMILES string of the molecule is CCOC(=O)C1=C(C)N=c2s/c(=C/c3cc(C)n(-c4ccc(C(=O)OC)cc4)c3C)c(=O)n2[C@@H]1c1cccc(OC)c1. The highest BCUT2D eigenvalue weighted by molar-refractivity contribution is 7.07. The number of hydrogen-bond donors (Lipinski definition) is 0. The van der Waals surface area contributed by atoms with Gasteiger partial charge in [0, 0.05) is 17.1 Å². The molecular weight excluding hydrogens is 554 g/mol. The zero-order valence-corrected chi connectivity index (χ0v) is 25.1. The molecule has 0 fully saturated rings. The van der Waals surface area contributed by atoms with E-state index >= 15 is 0 Å². The summed E-state index contributed by atoms with van der Waals surface area (Å²) in [7, 11) is 2.92. The third-order valence-electron chi connectivity index (χ3n) is 7.23. The van der Waals surface area contributed by atoms with Crippen LogP contribution in [0.1, 0.15) is 52.8 Å². The minimum absolute atomic E-state index is 0.200. The number of rotatable bonds is 7. The van der Waals surface area contributed by atoms with Crippen molar-refractivity contribution in [2.75, 3.05) is 20.8 Å². The van der Waals surface area contributed by atoms with Crippen molar-refractivity contribution < 1.29 is 23.8 Å². The van der Waals surface area contributed by atoms with Gasteiger partial charge in [-0.25, -0.2) is 14.6 Å². The Labute approximate surface area is 246 Å². The maximum atomic E-state index is 14.0. The summed E-state index contributed by atoms with van der Waals surface area (Å²) in [6.07, 6.45) is 1.86. The van der Waals surface area contributed by atoms with Crippen molar-refractivity contribution in [1.29, 1.82) is 0 Å². The fraction of sp³-hybridized carbons (Fsp3) is 0.250. The molecule has 216 valence electrons. The Bertz CT molecular complexity index is 1910. The smallest absolute Gasteiger partial charge is 0.338 e. The number of carbonyl (C=O) groups excluding carboxylic acids is 2. The van der Waals surface area contributed by atoms with Gasteiger partial charge in [0.25, 0.3) is 5.56 Å². The molecule has 0 aliphatic carbocycles. The zero-order chi connectivity index (χ0) is 30.1. The monoisotopic (exact) mass is 585 g/mol. The van der Waals surface area contributed by atoms with Crippen LogP contribution in [0.25, 0.3) is 11.8 Å². The highest BCUT2D eigenvalue weighted by Crippen LogP contribution is 2.32. The molecule has 4 aromatic rings. The Morgan fingerprint density at radius 3 is 2.43 bits per heavy atom. The van der Waals surface area contributed by atoms with Crippen molar-refractivity contribution in [2.24, 2.45) is 4.99 Å². The quantitative estimate of drug-likeness (QED) is 0.304. The molecule has 0 N–H and O–H groups in total. The highest BCUT2D eigenvalue weighted by Gasteiger charge is 2.33. The first-order valence-corrected chi connectivity index (χ1v) is 14.2. The minimum atomic E-state index is -0.724. The number of thiazole rings is 1. The fourth-order valence-corrected chi connectivity index (χ4v) is 6.29. The van der Waals surface area contributed by atoms with Crippen LogP contribution in [0.5, 0.6) is 5.75 Å². The molecule has 0 spiro atoms. The van der Waals surface area contributed by atoms with Crippen LogP contribution in [0.15, 0.2) is 75.7 Å². The standard InChI is InChI=1S/C32H31N3O6S/c1-7-41-31(38)27-19(3)33-32-35(28(27)22-9-8-10-25(16-22)39-5)29(36)26(42-32)17-23-15-18(2)34(20(23)4)24-13-11-21(12-14-24)30(37)40-6/h8-17,28H,7H2,1-6H3/b26-17+/t28-/m1/s1. The van der Waals surface area contributed by atoms with Gasteiger partial charge in [-0.05, 0) is 87.4 Å². The first-order chi connectivity index (χ1) is 20.2. The molecule has 9 nitrogen and oxygen atoms in total. The molecule has 0 unspecified atom stereocenters. The van der Waals surface area contributed by atoms with Gasteiger partial charge < -0.3 is 18.8 Å². The number of esters is 2. The van der Waals surface area contributed by atoms with E-state index in [1.54, 1.807) is 37.7 Å². The van der Waals surface area contributed by atoms with Gasteiger partial charge in [-0.2, -0.15) is 0 Å². The molecule has 3 heterocycles. The van der Waals surface area contributed by atoms with Crippen LogP contribution in [0.2, 0.25) is 0 Å². The number of allylic oxidation sites excluding steroid dienone is 1. The molecular formula is C32H31N3O6S. The Morgan fingerprint density at radius 2 is 1.76 bits per heavy atom. The van der Waals surface area contributed by atoms with Gasteiger partial charge >= 0.3 is 11.9 Å². The van der Waals surface area contributed by atoms with Crippen molar-refractivity contribution in [2.45, 2.75) is 33.7 Å². The van der Waals surface area contributed by atoms with E-state index in [2.05, 4.69) is 9.56 Å². The van der Waals surface area contributed by atoms with Gasteiger partial charge in [-0.15, -0.1) is 0 Å². The summed E-state index contributed by atoms with van der Waals surface area (Å²) in [4.78, 5) is 44.2. The lowest BCUT2D eigenvalue weighted by molar-refractivity contribution is -0.139. The number of ether oxygens (including phenoxy) is 3. The number of fused-ring (bicyclic) bond motifs is 1. The molecule has 1 aliphatic heterocycles. The molecule has 10 heteroatoms. The van der Waals surface area contributed by atoms with E-state index in [0.717, 1.165) is 22.6 Å². The lowest BCUT2D eigenvalue weighted by Gasteiger charge is -2.25. The van der Waals surface area contributed by atoms with E-state index in [9.17, 15) is 14.4 Å². The Hall–Kier alpha value is -4.70. The third-order valence-corrected chi connectivity index (χ3v) is 8.21. The normalized spacial score (nSPS) is 14.8. The molecule has 0 bridgehead atoms. The number of aromatic nitrogens is 2. The molecule has 5 rings (SSSR count). The molecule has 2 aromatic carbocycles. The van der Waals surface area contributed by atoms with Crippen LogP contribution in [0.3, 0.4) is 0 Å². The summed E-state index contributed by atoms with van der Waals surface area (Å²) >= 11 is 1.27. The van der Waals surface area contributed by atoms with E-state index in [0.29, 0.717) is 37.5 Å². The fourth-order valence-electron chi connectivity index (χ4n) is 5.26. The van der Waals surface area contributed by atoms with Gasteiger partial charge in [0.05, 0.1) is 48.2 Å². The lowest BCUT2D eigenvalue weighted by atomic mass is 9.95. The van der Waals surface area contributed by atoms with E-state index in [1.165, 1.54) is 18.4 Å². The largest absolute Gasteiger partial charge is 0.497 e. The molecule has 0 saturated carbocycles. The number of nitrogens with zero attached hydrogens (tertiary/aromatic N) is 3. The highest BCUT2D eigenvalue weighted by atomic mass is 32.1. The number of benzene rings is 2. The number of methoxy groups -OCH3 is 2. The van der Waals surface area contributed by atoms with Gasteiger partial charge in [-0.3, -0.25) is 9.36 Å². The minimum Gasteiger partial charge on any atom is -0.497 e. The van der Waals surface area contributed by atoms with Crippen LogP contribution < -0.4 is 19.6 Å². The lowest BCUT2D eigenvalue weighted by Crippen LogP contribution is -2.39. The van der Waals surface area contributed by atoms with Gasteiger partial charge in [0.2, 0.25) is 0 Å². The van der Waals surface area contributed by atoms with Crippen LogP contribution in [-0.4, -0.2) is 41.9 Å². The summed E-state index contributed by atoms with van der Waals surface area (Å²) in [5, 5.41) is 0. The predicted molar refractivity (Wildman–Crippen MR) is 160 cm³/mol. The molecule has 42 heavy (non-hydrogen) atoms. The Balaban J connectivity index is 1.65. The van der Waals surface area contributed by atoms with Crippen LogP contribution >= 0.6 is 11.3 Å². The molecule has 0 amide bonds. The molecule has 2 aromatic heterocycles. The van der Waals surface area contributed by atoms with E-state index in [4.69, 9.17) is 14.2 Å². The predicted octanol–water partition coefficient (Wildman–Crippen LogP) is 4.00. The number of hydrogen-bond acceptors (Lipinski definition) is 8. The zero-order valence-electron chi connectivity index (χ0n) is 24.3. The summed E-state index contributed by atoms with van der Waals surface area (Å²) in [6.45, 7) is 7.67. The first kappa shape index (κ1) is 28.8. The maximum absolute atomic E-state index is 14.0. The molecule has 1 aliphatic rings.